The number of aliphatic carboxylic acids is 1. The number of likely N-dealkylation sites (tertiary alicyclic amines) is 1. The highest BCUT2D eigenvalue weighted by Gasteiger charge is 2.44. The number of aromatic nitrogens is 1. The van der Waals surface area contributed by atoms with Crippen LogP contribution in [0.3, 0.4) is 0 Å². The first-order valence-electron chi connectivity index (χ1n) is 39.6. The number of Topliss-reactive ketones (excluding diaryl/α,β-unsaturated/α-hetero) is 1. The smallest absolute Gasteiger partial charge is 0.356 e. The van der Waals surface area contributed by atoms with Gasteiger partial charge in [0.05, 0.1) is 71.1 Å². The minimum Gasteiger partial charge on any atom is -0.481 e. The molecule has 38 nitrogen and oxygen atoms in total. The van der Waals surface area contributed by atoms with Crippen molar-refractivity contribution in [3.63, 3.8) is 0 Å². The van der Waals surface area contributed by atoms with Gasteiger partial charge in [-0.15, -0.1) is 11.8 Å². The molecule has 1 saturated heterocycles. The lowest BCUT2D eigenvalue weighted by molar-refractivity contribution is -0.142. The van der Waals surface area contributed by atoms with Gasteiger partial charge in [-0.3, -0.25) is 81.6 Å². The number of pyridine rings is 1. The van der Waals surface area contributed by atoms with Crippen molar-refractivity contribution in [2.75, 3.05) is 109 Å². The highest BCUT2D eigenvalue weighted by atomic mass is 32.2. The van der Waals surface area contributed by atoms with Crippen LogP contribution in [-0.4, -0.2) is 251 Å². The average molecular weight is 1700 g/mol. The summed E-state index contributed by atoms with van der Waals surface area (Å²) < 4.78 is 33.5. The van der Waals surface area contributed by atoms with Crippen LogP contribution >= 0.6 is 19.4 Å². The molecule has 5 rings (SSSR count). The first-order valence-corrected chi connectivity index (χ1v) is 42.2. The van der Waals surface area contributed by atoms with Crippen LogP contribution in [0.15, 0.2) is 73.1 Å². The molecule has 40 heteroatoms. The van der Waals surface area contributed by atoms with Crippen LogP contribution in [0, 0.1) is 6.92 Å². The Hall–Kier alpha value is -9.86. The van der Waals surface area contributed by atoms with E-state index in [0.717, 1.165) is 41.1 Å². The monoisotopic (exact) mass is 1690 g/mol. The molecule has 2 heterocycles. The van der Waals surface area contributed by atoms with Gasteiger partial charge in [-0.25, -0.2) is 4.79 Å². The number of hydrogen-bond donors (Lipinski definition) is 16. The standard InChI is InChI=1S/C78H115N14O24PS/c1-53-14-4-5-17-58(53)90-76(108)86-56-24-21-54(22-25-56)48-68(99)87-59(18-7-11-35-81-63(94)26-23-55-15-13-34-80-50-55)72(104)89-60(19-12-20-70(101)102)73(105)91-78(32-8-3-9-33-78)75(107)85-39-43-116-47-46-115-41-37-83-65(96)28-27-64(95)82-36-40-113-44-45-114-42-38-84-66(97)29-30-67(98)88-61(71(79)103)52-118-62-49-69(100)92(74(62)106)51-57(93)16-6-10-31-77(2,109)117(110,111)112/h4-5,13-15,17,21-22,24-25,34,50,59-62,109H,3,6-12,16,18-20,23,26-33,35-49,51-52H2,1-2H3,(H2,79,103)(H,81,94)(H,82,95)(H,83,96)(H,84,97)(H,85,107)(H,87,99)(H,88,98)(H,89,104)(H,91,105)(H,101,102)(H2,86,90,108)(H2,110,111,112)/t59-,60-,61+,62?,77?/m0/s1. The van der Waals surface area contributed by atoms with E-state index in [2.05, 4.69) is 63.5 Å². The van der Waals surface area contributed by atoms with Crippen molar-refractivity contribution in [1.29, 1.82) is 0 Å². The number of aryl methyl sites for hydroxylation is 2. The van der Waals surface area contributed by atoms with Gasteiger partial charge >= 0.3 is 19.6 Å². The lowest BCUT2D eigenvalue weighted by atomic mass is 9.80. The number of amides is 14. The normalized spacial score (nSPS) is 15.0. The molecule has 14 amide bonds. The van der Waals surface area contributed by atoms with Crippen LogP contribution in [0.4, 0.5) is 16.2 Å². The number of nitrogens with zero attached hydrogens (tertiary/aromatic N) is 2. The van der Waals surface area contributed by atoms with E-state index in [1.54, 1.807) is 54.9 Å². The highest BCUT2D eigenvalue weighted by Crippen LogP contribution is 2.51. The lowest BCUT2D eigenvalue weighted by Gasteiger charge is -2.38. The van der Waals surface area contributed by atoms with E-state index in [-0.39, 0.29) is 218 Å². The fraction of sp³-hybridized carbons (Fsp3) is 0.590. The third kappa shape index (κ3) is 39.1. The zero-order valence-electron chi connectivity index (χ0n) is 66.9. The molecule has 3 aromatic rings. The summed E-state index contributed by atoms with van der Waals surface area (Å²) in [5.41, 5.74) is 7.54. The molecule has 17 N–H and O–H groups in total. The van der Waals surface area contributed by atoms with E-state index in [4.69, 9.17) is 24.7 Å². The number of carboxylic acids is 1. The van der Waals surface area contributed by atoms with Crippen LogP contribution in [0.1, 0.15) is 158 Å². The van der Waals surface area contributed by atoms with E-state index < -0.39 is 119 Å². The molecule has 2 aromatic carbocycles. The van der Waals surface area contributed by atoms with Crippen LogP contribution in [0.2, 0.25) is 0 Å². The van der Waals surface area contributed by atoms with Crippen LogP contribution in [0.5, 0.6) is 0 Å². The number of unbranched alkanes of at least 4 members (excludes halogenated alkanes) is 2. The maximum absolute atomic E-state index is 14.4. The number of ketones is 1. The molecule has 0 spiro atoms. The Morgan fingerprint density at radius 1 is 0.602 bits per heavy atom. The van der Waals surface area contributed by atoms with E-state index >= 15 is 0 Å². The SMILES string of the molecule is Cc1ccccc1NC(=O)Nc1ccc(CC(=O)N[C@@H](CCCCNC(=O)CCc2cccnc2)C(=O)N[C@@H](CCCC(=O)O)C(=O)NC2(C(=O)NCCOCCOCCNC(=O)CCC(=O)NCCOCCOCCNC(=O)CCC(=O)N[C@H](CSC3CC(=O)N(CC(=O)CCCCC(C)(O)P(=O)(O)O)C3=O)C(N)=O)CCCCC2)cc1. The molecule has 1 aromatic heterocycles. The first-order chi connectivity index (χ1) is 56.3. The second-order valence-electron chi connectivity index (χ2n) is 28.7. The Labute approximate surface area is 689 Å². The Bertz CT molecular complexity index is 3850. The summed E-state index contributed by atoms with van der Waals surface area (Å²) >= 11 is 0.887. The van der Waals surface area contributed by atoms with E-state index in [9.17, 15) is 96.5 Å². The maximum Gasteiger partial charge on any atom is 0.356 e. The van der Waals surface area contributed by atoms with Gasteiger partial charge in [-0.1, -0.05) is 55.7 Å². The summed E-state index contributed by atoms with van der Waals surface area (Å²) in [6.07, 6.45) is 5.78. The molecule has 0 bridgehead atoms. The van der Waals surface area contributed by atoms with E-state index in [0.29, 0.717) is 49.0 Å². The number of carboxylic acid groups (broad SMARTS) is 1. The molecular formula is C78H115N14O24PS. The maximum atomic E-state index is 14.4. The lowest BCUT2D eigenvalue weighted by Crippen LogP contribution is -2.63. The Balaban J connectivity index is 0.916. The fourth-order valence-electron chi connectivity index (χ4n) is 12.2. The van der Waals surface area contributed by atoms with Gasteiger partial charge in [0.1, 0.15) is 23.7 Å². The van der Waals surface area contributed by atoms with Crippen LogP contribution in [-0.2, 0) is 103 Å². The van der Waals surface area contributed by atoms with Gasteiger partial charge in [0.25, 0.3) is 0 Å². The number of imide groups is 1. The second kappa shape index (κ2) is 53.5. The van der Waals surface area contributed by atoms with Gasteiger partial charge in [0, 0.05) is 114 Å². The molecule has 0 radical (unpaired) electrons. The number of carbonyl (C=O) groups excluding carboxylic acids is 14. The predicted molar refractivity (Wildman–Crippen MR) is 431 cm³/mol. The van der Waals surface area contributed by atoms with Crippen molar-refractivity contribution in [1.82, 2.24) is 57.7 Å². The summed E-state index contributed by atoms with van der Waals surface area (Å²) in [6.45, 7) is 4.19. The zero-order chi connectivity index (χ0) is 86.3. The second-order valence-corrected chi connectivity index (χ2v) is 32.0. The number of benzene rings is 2. The molecule has 652 valence electrons. The summed E-state index contributed by atoms with van der Waals surface area (Å²) in [5.74, 6) is -8.53. The molecule has 2 aliphatic rings. The number of ether oxygens (including phenoxy) is 4. The van der Waals surface area contributed by atoms with Gasteiger partial charge < -0.3 is 103 Å². The number of nitrogens with one attached hydrogen (secondary N) is 11. The number of thioether (sulfide) groups is 1. The van der Waals surface area contributed by atoms with Crippen molar-refractivity contribution in [3.8, 4) is 0 Å². The zero-order valence-corrected chi connectivity index (χ0v) is 68.6. The Morgan fingerprint density at radius 2 is 1.16 bits per heavy atom. The molecular weight excluding hydrogens is 1580 g/mol. The number of hydrogen-bond acceptors (Lipinski definition) is 23. The molecule has 118 heavy (non-hydrogen) atoms. The molecule has 2 unspecified atom stereocenters. The van der Waals surface area contributed by atoms with Gasteiger partial charge in [-0.05, 0) is 125 Å². The molecule has 2 fully saturated rings. The van der Waals surface area contributed by atoms with Crippen molar-refractivity contribution >= 4 is 119 Å². The highest BCUT2D eigenvalue weighted by molar-refractivity contribution is 8.00. The number of nitrogens with two attached hydrogens (primary N) is 1. The van der Waals surface area contributed by atoms with Gasteiger partial charge in [0.15, 0.2) is 11.1 Å². The van der Waals surface area contributed by atoms with Gasteiger partial charge in [0.2, 0.25) is 70.9 Å². The number of rotatable bonds is 59. The van der Waals surface area contributed by atoms with Gasteiger partial charge in [-0.2, -0.15) is 0 Å². The summed E-state index contributed by atoms with van der Waals surface area (Å²) in [5, 5.41) is 46.4. The largest absolute Gasteiger partial charge is 0.481 e. The molecule has 1 aliphatic heterocycles. The minimum absolute atomic E-state index is 0.0127. The first kappa shape index (κ1) is 98.7. The third-order valence-corrected chi connectivity index (χ3v) is 21.8. The number of urea groups is 1. The summed E-state index contributed by atoms with van der Waals surface area (Å²) in [7, 11) is -4.79. The number of anilines is 2. The topological polar surface area (TPSA) is 565 Å². The Kier molecular flexibility index (Phi) is 44.8. The number of para-hydroxylation sites is 1. The number of primary amides is 1. The number of carbonyl (C=O) groups is 15. The van der Waals surface area contributed by atoms with Crippen LogP contribution in [0.25, 0.3) is 0 Å². The number of aliphatic hydroxyl groups is 1. The average Bonchev–Trinajstić information content (AvgIpc) is 0.842. The predicted octanol–water partition coefficient (Wildman–Crippen LogP) is 1.48. The molecule has 1 aliphatic carbocycles. The third-order valence-electron chi connectivity index (χ3n) is 19.1. The van der Waals surface area contributed by atoms with E-state index in [1.807, 2.05) is 25.1 Å². The summed E-state index contributed by atoms with van der Waals surface area (Å²) in [4.78, 5) is 217. The quantitative estimate of drug-likeness (QED) is 0.0216. The molecule has 5 atom stereocenters. The van der Waals surface area contributed by atoms with Crippen molar-refractivity contribution in [2.45, 2.75) is 196 Å². The van der Waals surface area contributed by atoms with E-state index in [1.165, 1.54) is 0 Å². The molecule has 1 saturated carbocycles. The minimum atomic E-state index is -4.79. The Morgan fingerprint density at radius 3 is 1.74 bits per heavy atom. The fourth-order valence-corrected chi connectivity index (χ4v) is 13.9. The van der Waals surface area contributed by atoms with Crippen molar-refractivity contribution < 1.29 is 115 Å². The summed E-state index contributed by atoms with van der Waals surface area (Å²) in [6, 6.07) is 13.3. The van der Waals surface area contributed by atoms with Crippen molar-refractivity contribution in [3.05, 3.63) is 89.7 Å². The van der Waals surface area contributed by atoms with Crippen molar-refractivity contribution in [2.24, 2.45) is 5.73 Å². The van der Waals surface area contributed by atoms with Crippen LogP contribution < -0.4 is 64.2 Å².